The van der Waals surface area contributed by atoms with Crippen molar-refractivity contribution in [3.05, 3.63) is 48.3 Å². The van der Waals surface area contributed by atoms with E-state index < -0.39 is 11.6 Å². The molecular weight excluding hydrogens is 350 g/mol. The fraction of sp³-hybridized carbons (Fsp3) is 0.474. The normalized spacial score (nSPS) is 17.4. The first kappa shape index (κ1) is 19.1. The Morgan fingerprint density at radius 3 is 2.93 bits per heavy atom. The van der Waals surface area contributed by atoms with Crippen LogP contribution in [0, 0.1) is 17.6 Å². The molecule has 1 aliphatic heterocycles. The van der Waals surface area contributed by atoms with Gasteiger partial charge in [0.1, 0.15) is 0 Å². The van der Waals surface area contributed by atoms with Crippen LogP contribution in [0.3, 0.4) is 0 Å². The lowest BCUT2D eigenvalue weighted by atomic mass is 10.1. The SMILES string of the molecule is CN=C(NCCCn1cccn1)NCC1CCN(c2ccc(F)c(F)c2)C1. The third kappa shape index (κ3) is 5.42. The molecular formula is C19H26F2N6. The van der Waals surface area contributed by atoms with Crippen LogP contribution in [0.2, 0.25) is 0 Å². The summed E-state index contributed by atoms with van der Waals surface area (Å²) in [6.45, 7) is 4.12. The second-order valence-corrected chi connectivity index (χ2v) is 6.70. The molecule has 0 bridgehead atoms. The zero-order valence-corrected chi connectivity index (χ0v) is 15.5. The number of rotatable bonds is 7. The number of aliphatic imine (C=N–C) groups is 1. The molecule has 0 amide bonds. The van der Waals surface area contributed by atoms with Crippen molar-refractivity contribution in [2.45, 2.75) is 19.4 Å². The zero-order chi connectivity index (χ0) is 19.1. The summed E-state index contributed by atoms with van der Waals surface area (Å²) in [7, 11) is 1.76. The van der Waals surface area contributed by atoms with Gasteiger partial charge in [0.15, 0.2) is 17.6 Å². The molecule has 1 saturated heterocycles. The largest absolute Gasteiger partial charge is 0.371 e. The first-order chi connectivity index (χ1) is 13.2. The Labute approximate surface area is 158 Å². The minimum absolute atomic E-state index is 0.431. The fourth-order valence-electron chi connectivity index (χ4n) is 3.26. The Kier molecular flexibility index (Phi) is 6.62. The van der Waals surface area contributed by atoms with E-state index in [1.54, 1.807) is 19.3 Å². The van der Waals surface area contributed by atoms with Crippen LogP contribution in [-0.4, -0.2) is 49.0 Å². The van der Waals surface area contributed by atoms with E-state index >= 15 is 0 Å². The summed E-state index contributed by atoms with van der Waals surface area (Å²) >= 11 is 0. The van der Waals surface area contributed by atoms with Crippen molar-refractivity contribution >= 4 is 11.6 Å². The summed E-state index contributed by atoms with van der Waals surface area (Å²) in [6, 6.07) is 6.00. The highest BCUT2D eigenvalue weighted by molar-refractivity contribution is 5.79. The Bertz CT molecular complexity index is 747. The van der Waals surface area contributed by atoms with Crippen LogP contribution in [0.15, 0.2) is 41.7 Å². The van der Waals surface area contributed by atoms with Crippen molar-refractivity contribution in [2.75, 3.05) is 38.1 Å². The van der Waals surface area contributed by atoms with Crippen molar-refractivity contribution in [1.29, 1.82) is 0 Å². The van der Waals surface area contributed by atoms with E-state index in [4.69, 9.17) is 0 Å². The van der Waals surface area contributed by atoms with Gasteiger partial charge in [0, 0.05) is 63.9 Å². The second kappa shape index (κ2) is 9.34. The third-order valence-corrected chi connectivity index (χ3v) is 4.75. The van der Waals surface area contributed by atoms with Crippen LogP contribution in [0.5, 0.6) is 0 Å². The summed E-state index contributed by atoms with van der Waals surface area (Å²) in [4.78, 5) is 6.34. The molecule has 1 fully saturated rings. The molecule has 2 N–H and O–H groups in total. The highest BCUT2D eigenvalue weighted by Crippen LogP contribution is 2.24. The van der Waals surface area contributed by atoms with Crippen molar-refractivity contribution in [3.63, 3.8) is 0 Å². The van der Waals surface area contributed by atoms with Crippen LogP contribution in [0.4, 0.5) is 14.5 Å². The summed E-state index contributed by atoms with van der Waals surface area (Å²) in [5.74, 6) is -0.394. The molecule has 0 aliphatic carbocycles. The van der Waals surface area contributed by atoms with Crippen LogP contribution in [-0.2, 0) is 6.54 Å². The molecule has 6 nitrogen and oxygen atoms in total. The van der Waals surface area contributed by atoms with E-state index in [1.807, 2.05) is 16.9 Å². The Hall–Kier alpha value is -2.64. The maximum atomic E-state index is 13.4. The van der Waals surface area contributed by atoms with Crippen LogP contribution in [0.1, 0.15) is 12.8 Å². The van der Waals surface area contributed by atoms with Gasteiger partial charge in [0.25, 0.3) is 0 Å². The molecule has 146 valence electrons. The van der Waals surface area contributed by atoms with Gasteiger partial charge in [-0.2, -0.15) is 5.10 Å². The minimum Gasteiger partial charge on any atom is -0.371 e. The Balaban J connectivity index is 1.38. The number of hydrogen-bond donors (Lipinski definition) is 2. The Morgan fingerprint density at radius 1 is 1.30 bits per heavy atom. The molecule has 1 unspecified atom stereocenters. The van der Waals surface area contributed by atoms with Gasteiger partial charge in [-0.05, 0) is 37.0 Å². The smallest absolute Gasteiger partial charge is 0.190 e. The van der Waals surface area contributed by atoms with E-state index in [0.29, 0.717) is 5.92 Å². The Morgan fingerprint density at radius 2 is 2.19 bits per heavy atom. The predicted octanol–water partition coefficient (Wildman–Crippen LogP) is 2.24. The van der Waals surface area contributed by atoms with Crippen molar-refractivity contribution in [1.82, 2.24) is 20.4 Å². The number of nitrogens with zero attached hydrogens (tertiary/aromatic N) is 4. The lowest BCUT2D eigenvalue weighted by Crippen LogP contribution is -2.40. The molecule has 1 aromatic carbocycles. The van der Waals surface area contributed by atoms with Crippen molar-refractivity contribution < 1.29 is 8.78 Å². The molecule has 8 heteroatoms. The van der Waals surface area contributed by atoms with E-state index in [1.165, 1.54) is 12.1 Å². The van der Waals surface area contributed by atoms with Crippen molar-refractivity contribution in [2.24, 2.45) is 10.9 Å². The van der Waals surface area contributed by atoms with Gasteiger partial charge in [-0.3, -0.25) is 9.67 Å². The fourth-order valence-corrected chi connectivity index (χ4v) is 3.26. The van der Waals surface area contributed by atoms with Gasteiger partial charge < -0.3 is 15.5 Å². The number of aryl methyl sites for hydroxylation is 1. The monoisotopic (exact) mass is 376 g/mol. The molecule has 2 aromatic rings. The second-order valence-electron chi connectivity index (χ2n) is 6.70. The van der Waals surface area contributed by atoms with E-state index in [9.17, 15) is 8.78 Å². The average Bonchev–Trinajstić information content (AvgIpc) is 3.35. The highest BCUT2D eigenvalue weighted by atomic mass is 19.2. The number of halogens is 2. The van der Waals surface area contributed by atoms with Crippen LogP contribution < -0.4 is 15.5 Å². The molecule has 0 spiro atoms. The first-order valence-electron chi connectivity index (χ1n) is 9.27. The maximum absolute atomic E-state index is 13.4. The van der Waals surface area contributed by atoms with E-state index in [0.717, 1.165) is 57.2 Å². The molecule has 1 aliphatic rings. The summed E-state index contributed by atoms with van der Waals surface area (Å²) in [5, 5.41) is 10.8. The summed E-state index contributed by atoms with van der Waals surface area (Å²) < 4.78 is 28.4. The number of benzene rings is 1. The molecule has 2 heterocycles. The molecule has 1 aromatic heterocycles. The predicted molar refractivity (Wildman–Crippen MR) is 103 cm³/mol. The van der Waals surface area contributed by atoms with Gasteiger partial charge in [-0.1, -0.05) is 0 Å². The third-order valence-electron chi connectivity index (χ3n) is 4.75. The average molecular weight is 376 g/mol. The molecule has 3 rings (SSSR count). The minimum atomic E-state index is -0.807. The summed E-state index contributed by atoms with van der Waals surface area (Å²) in [5.41, 5.74) is 0.734. The summed E-state index contributed by atoms with van der Waals surface area (Å²) in [6.07, 6.45) is 5.68. The van der Waals surface area contributed by atoms with Crippen LogP contribution >= 0.6 is 0 Å². The maximum Gasteiger partial charge on any atom is 0.190 e. The lowest BCUT2D eigenvalue weighted by Gasteiger charge is -2.19. The van der Waals surface area contributed by atoms with Gasteiger partial charge >= 0.3 is 0 Å². The number of hydrogen-bond acceptors (Lipinski definition) is 3. The van der Waals surface area contributed by atoms with Gasteiger partial charge in [-0.15, -0.1) is 0 Å². The standard InChI is InChI=1S/C19H26F2N6/c1-22-19(23-7-2-9-27-10-3-8-25-27)24-13-15-6-11-26(14-15)16-4-5-17(20)18(21)12-16/h3-5,8,10,12,15H,2,6-7,9,11,13-14H2,1H3,(H2,22,23,24). The molecule has 1 atom stereocenters. The first-order valence-corrected chi connectivity index (χ1v) is 9.27. The number of guanidine groups is 1. The zero-order valence-electron chi connectivity index (χ0n) is 15.5. The van der Waals surface area contributed by atoms with Crippen LogP contribution in [0.25, 0.3) is 0 Å². The van der Waals surface area contributed by atoms with Gasteiger partial charge in [0.2, 0.25) is 0 Å². The number of nitrogens with one attached hydrogen (secondary N) is 2. The highest BCUT2D eigenvalue weighted by Gasteiger charge is 2.23. The molecule has 0 radical (unpaired) electrons. The van der Waals surface area contributed by atoms with Gasteiger partial charge in [-0.25, -0.2) is 8.78 Å². The van der Waals surface area contributed by atoms with E-state index in [-0.39, 0.29) is 0 Å². The van der Waals surface area contributed by atoms with Gasteiger partial charge in [0.05, 0.1) is 0 Å². The lowest BCUT2D eigenvalue weighted by molar-refractivity contribution is 0.508. The molecule has 27 heavy (non-hydrogen) atoms. The quantitative estimate of drug-likeness (QED) is 0.442. The topological polar surface area (TPSA) is 57.5 Å². The number of anilines is 1. The van der Waals surface area contributed by atoms with Crippen molar-refractivity contribution in [3.8, 4) is 0 Å². The number of aromatic nitrogens is 2. The van der Waals surface area contributed by atoms with E-state index in [2.05, 4.69) is 25.6 Å². The molecule has 0 saturated carbocycles.